The third kappa shape index (κ3) is 9.31. The number of likely N-dealkylation sites (tertiary alicyclic amines) is 1. The maximum atomic E-state index is 14.3. The summed E-state index contributed by atoms with van der Waals surface area (Å²) in [5.74, 6) is 1.21. The van der Waals surface area contributed by atoms with Crippen LogP contribution in [-0.2, 0) is 16.7 Å². The average Bonchev–Trinajstić information content (AvgIpc) is 3.98. The Kier molecular flexibility index (Phi) is 11.9. The maximum Gasteiger partial charge on any atom is 0.407 e. The summed E-state index contributed by atoms with van der Waals surface area (Å²) < 4.78 is 14.3. The number of amides is 2. The number of likely N-dealkylation sites (N-methyl/N-ethyl adjacent to an activating group) is 1. The van der Waals surface area contributed by atoms with Crippen LogP contribution in [0.1, 0.15) is 86.4 Å². The highest BCUT2D eigenvalue weighted by atomic mass is 32.1. The number of piperidine rings is 1. The van der Waals surface area contributed by atoms with Gasteiger partial charge < -0.3 is 19.7 Å². The van der Waals surface area contributed by atoms with Gasteiger partial charge in [-0.3, -0.25) is 24.2 Å². The molecule has 0 unspecified atom stereocenters. The van der Waals surface area contributed by atoms with E-state index in [0.29, 0.717) is 73.0 Å². The van der Waals surface area contributed by atoms with Crippen molar-refractivity contribution in [2.45, 2.75) is 77.5 Å². The number of benzene rings is 1. The lowest BCUT2D eigenvalue weighted by atomic mass is 9.93. The number of anilines is 2. The lowest BCUT2D eigenvalue weighted by molar-refractivity contribution is 0.0862. The van der Waals surface area contributed by atoms with Crippen molar-refractivity contribution >= 4 is 52.1 Å². The number of carbonyl (C=O) groups excluding carboxylic acids is 2. The highest BCUT2D eigenvalue weighted by molar-refractivity contribution is 7.14. The number of hydrogen-bond acceptors (Lipinski definition) is 13. The lowest BCUT2D eigenvalue weighted by Crippen LogP contribution is -2.45. The van der Waals surface area contributed by atoms with Gasteiger partial charge in [0.2, 0.25) is 0 Å². The zero-order valence-electron chi connectivity index (χ0n) is 33.0. The molecule has 16 nitrogen and oxygen atoms in total. The number of nitrogens with one attached hydrogen (secondary N) is 2. The maximum absolute atomic E-state index is 14.3. The first-order valence-electron chi connectivity index (χ1n) is 19.3. The molecule has 0 saturated carbocycles. The van der Waals surface area contributed by atoms with Gasteiger partial charge in [-0.2, -0.15) is 0 Å². The van der Waals surface area contributed by atoms with E-state index in [1.807, 2.05) is 34.5 Å². The first-order chi connectivity index (χ1) is 27.5. The molecule has 6 heterocycles. The van der Waals surface area contributed by atoms with Gasteiger partial charge in [0.25, 0.3) is 11.5 Å². The fourth-order valence-electron chi connectivity index (χ4n) is 7.18. The summed E-state index contributed by atoms with van der Waals surface area (Å²) in [6.07, 6.45) is 7.58. The van der Waals surface area contributed by atoms with Crippen LogP contribution >= 0.6 is 11.3 Å². The predicted octanol–water partition coefficient (Wildman–Crippen LogP) is 5.09. The molecule has 0 radical (unpaired) electrons. The number of nitrogens with zero attached hydrogens (tertiary/aromatic N) is 9. The van der Waals surface area contributed by atoms with Crippen molar-refractivity contribution in [3.63, 3.8) is 0 Å². The van der Waals surface area contributed by atoms with Crippen LogP contribution in [0, 0.1) is 0 Å². The van der Waals surface area contributed by atoms with E-state index in [-0.39, 0.29) is 22.5 Å². The quantitative estimate of drug-likeness (QED) is 0.172. The van der Waals surface area contributed by atoms with Crippen LogP contribution in [0.15, 0.2) is 52.8 Å². The number of fused-ring (bicyclic) bond motifs is 1. The van der Waals surface area contributed by atoms with Crippen LogP contribution in [0.5, 0.6) is 5.75 Å². The molecule has 2 amide bonds. The van der Waals surface area contributed by atoms with Crippen molar-refractivity contribution in [1.29, 1.82) is 0 Å². The van der Waals surface area contributed by atoms with Crippen LogP contribution in [0.3, 0.4) is 0 Å². The molecule has 2 saturated heterocycles. The van der Waals surface area contributed by atoms with Gasteiger partial charge in [-0.25, -0.2) is 19.4 Å². The van der Waals surface area contributed by atoms with Crippen molar-refractivity contribution in [2.24, 2.45) is 0 Å². The highest BCUT2D eigenvalue weighted by Crippen LogP contribution is 2.28. The first-order valence-corrected chi connectivity index (χ1v) is 20.2. The lowest BCUT2D eigenvalue weighted by Gasteiger charge is -2.34. The molecule has 1 aromatic carbocycles. The summed E-state index contributed by atoms with van der Waals surface area (Å²) in [4.78, 5) is 54.7. The van der Waals surface area contributed by atoms with Gasteiger partial charge in [-0.1, -0.05) is 39.8 Å². The predicted molar refractivity (Wildman–Crippen MR) is 219 cm³/mol. The Morgan fingerprint density at radius 3 is 2.61 bits per heavy atom. The van der Waals surface area contributed by atoms with Gasteiger partial charge >= 0.3 is 6.09 Å². The number of tetrazole rings is 1. The minimum Gasteiger partial charge on any atom is -0.497 e. The average molecular weight is 796 g/mol. The molecule has 2 aliphatic heterocycles. The fourth-order valence-corrected chi connectivity index (χ4v) is 8.11. The number of thiazole rings is 1. The normalized spacial score (nSPS) is 17.7. The number of ether oxygens (including phenoxy) is 2. The molecule has 4 aromatic heterocycles. The van der Waals surface area contributed by atoms with Crippen LogP contribution in [0.4, 0.5) is 15.7 Å². The Morgan fingerprint density at radius 2 is 1.86 bits per heavy atom. The van der Waals surface area contributed by atoms with Gasteiger partial charge in [-0.05, 0) is 91.2 Å². The minimum atomic E-state index is -0.453. The molecule has 2 fully saturated rings. The number of aromatic nitrogens is 7. The van der Waals surface area contributed by atoms with Gasteiger partial charge in [0.1, 0.15) is 23.3 Å². The van der Waals surface area contributed by atoms with E-state index in [1.54, 1.807) is 42.3 Å². The van der Waals surface area contributed by atoms with Gasteiger partial charge in [-0.15, -0.1) is 16.4 Å². The molecule has 2 atom stereocenters. The molecular formula is C40H49N11O5S. The molecule has 57 heavy (non-hydrogen) atoms. The van der Waals surface area contributed by atoms with Crippen molar-refractivity contribution in [1.82, 2.24) is 44.8 Å². The molecule has 0 spiro atoms. The second-order valence-electron chi connectivity index (χ2n) is 15.3. The van der Waals surface area contributed by atoms with Crippen LogP contribution in [0.2, 0.25) is 0 Å². The van der Waals surface area contributed by atoms with Gasteiger partial charge in [0, 0.05) is 41.7 Å². The first kappa shape index (κ1) is 39.6. The van der Waals surface area contributed by atoms with E-state index in [2.05, 4.69) is 63.7 Å². The van der Waals surface area contributed by atoms with Gasteiger partial charge in [0.05, 0.1) is 31.5 Å². The Hall–Kier alpha value is -5.68. The van der Waals surface area contributed by atoms with Crippen LogP contribution in [0.25, 0.3) is 17.8 Å². The number of methoxy groups -OCH3 is 1. The summed E-state index contributed by atoms with van der Waals surface area (Å²) in [6, 6.07) is 11.1. The Balaban J connectivity index is 1.17. The van der Waals surface area contributed by atoms with Crippen molar-refractivity contribution in [3.05, 3.63) is 86.5 Å². The SMILES string of the molecule is CCN1CCC[C@H]1CNC(=O)O[C@@H]1CCCN(c2nc3cc(C(=O)Nc4nc(C(C)(C)C)cs4)ccn3c(=O)c2C=Cc2nnnn2Cc2ccc(OC)cc2)C1. The molecule has 0 bridgehead atoms. The summed E-state index contributed by atoms with van der Waals surface area (Å²) in [5.41, 5.74) is 2.25. The topological polar surface area (TPSA) is 174 Å². The fraction of sp³-hybridized carbons (Fsp3) is 0.450. The Labute approximate surface area is 334 Å². The molecule has 300 valence electrons. The van der Waals surface area contributed by atoms with E-state index in [1.165, 1.54) is 15.7 Å². The molecule has 5 aromatic rings. The molecule has 2 aliphatic rings. The van der Waals surface area contributed by atoms with E-state index in [0.717, 1.165) is 42.9 Å². The molecular weight excluding hydrogens is 747 g/mol. The third-order valence-corrected chi connectivity index (χ3v) is 11.1. The summed E-state index contributed by atoms with van der Waals surface area (Å²) in [5, 5.41) is 20.5. The smallest absolute Gasteiger partial charge is 0.407 e. The summed E-state index contributed by atoms with van der Waals surface area (Å²) >= 11 is 1.36. The van der Waals surface area contributed by atoms with E-state index >= 15 is 0 Å². The molecule has 2 N–H and O–H groups in total. The second-order valence-corrected chi connectivity index (χ2v) is 16.2. The van der Waals surface area contributed by atoms with Crippen LogP contribution < -0.4 is 25.8 Å². The summed E-state index contributed by atoms with van der Waals surface area (Å²) in [6.45, 7) is 12.2. The Morgan fingerprint density at radius 1 is 1.05 bits per heavy atom. The van der Waals surface area contributed by atoms with Crippen molar-refractivity contribution < 1.29 is 19.1 Å². The van der Waals surface area contributed by atoms with E-state index in [9.17, 15) is 14.4 Å². The second kappa shape index (κ2) is 17.2. The zero-order chi connectivity index (χ0) is 40.1. The van der Waals surface area contributed by atoms with Crippen LogP contribution in [-0.4, -0.2) is 103 Å². The number of rotatable bonds is 12. The molecule has 0 aliphatic carbocycles. The number of carbonyl (C=O) groups is 2. The monoisotopic (exact) mass is 795 g/mol. The molecule has 17 heteroatoms. The standard InChI is InChI=1S/C40H49N11O5S/c1-6-48-18-7-9-28(48)22-41-39(54)56-30-10-8-19-49(24-30)35-31(15-16-33-45-46-47-51(33)23-26-11-13-29(55-5)14-12-26)37(53)50-20-17-27(21-34(50)43-35)36(52)44-38-42-32(25-57-38)40(2,3)4/h11-17,20-21,25,28,30H,6-10,18-19,22-24H2,1-5H3,(H,41,54)(H,42,44,52)/t28-,30+/m0/s1. The number of alkyl carbamates (subject to hydrolysis) is 1. The van der Waals surface area contributed by atoms with E-state index in [4.69, 9.17) is 14.5 Å². The molecule has 7 rings (SSSR count). The largest absolute Gasteiger partial charge is 0.497 e. The Bertz CT molecular complexity index is 2300. The minimum absolute atomic E-state index is 0.160. The van der Waals surface area contributed by atoms with Crippen molar-refractivity contribution in [3.8, 4) is 5.75 Å². The number of pyridine rings is 1. The summed E-state index contributed by atoms with van der Waals surface area (Å²) in [7, 11) is 1.62. The zero-order valence-corrected chi connectivity index (χ0v) is 33.8. The number of hydrogen-bond donors (Lipinski definition) is 2. The van der Waals surface area contributed by atoms with Crippen molar-refractivity contribution in [2.75, 3.05) is 50.1 Å². The highest BCUT2D eigenvalue weighted by Gasteiger charge is 2.29. The third-order valence-electron chi connectivity index (χ3n) is 10.4. The van der Waals surface area contributed by atoms with Gasteiger partial charge in [0.15, 0.2) is 11.0 Å². The van der Waals surface area contributed by atoms with E-state index < -0.39 is 12.2 Å².